The Balaban J connectivity index is 1.89. The van der Waals surface area contributed by atoms with Gasteiger partial charge in [0.1, 0.15) is 5.60 Å². The fourth-order valence-electron chi connectivity index (χ4n) is 3.37. The molecule has 0 aromatic heterocycles. The smallest absolute Gasteiger partial charge is 0.411 e. The van der Waals surface area contributed by atoms with Crippen molar-refractivity contribution in [1.82, 2.24) is 4.90 Å². The molecule has 2 unspecified atom stereocenters. The van der Waals surface area contributed by atoms with Crippen molar-refractivity contribution in [2.75, 3.05) is 13.2 Å². The van der Waals surface area contributed by atoms with Gasteiger partial charge in [-0.25, -0.2) is 4.79 Å². The van der Waals surface area contributed by atoms with Crippen molar-refractivity contribution >= 4 is 11.7 Å². The number of carbonyl (C=O) groups excluding carboxylic acids is 1. The van der Waals surface area contributed by atoms with E-state index >= 15 is 0 Å². The monoisotopic (exact) mass is 331 g/mol. The molecule has 1 fully saturated rings. The molecular formula is C19H25NO4. The lowest BCUT2D eigenvalue weighted by Crippen LogP contribution is -2.57. The third-order valence-corrected chi connectivity index (χ3v) is 4.34. The first-order valence-corrected chi connectivity index (χ1v) is 8.38. The Hall–Kier alpha value is -1.85. The van der Waals surface area contributed by atoms with E-state index in [1.807, 2.05) is 45.0 Å². The SMILES string of the molecule is CC(C)(C)OC(=O)N1C2C=C(c3ccccc3CO)CC1COC2. The molecule has 2 bridgehead atoms. The quantitative estimate of drug-likeness (QED) is 0.905. The van der Waals surface area contributed by atoms with Crippen LogP contribution in [0.3, 0.4) is 0 Å². The molecule has 2 heterocycles. The lowest BCUT2D eigenvalue weighted by molar-refractivity contribution is -0.0510. The number of aliphatic hydroxyl groups excluding tert-OH is 1. The minimum Gasteiger partial charge on any atom is -0.444 e. The molecule has 1 saturated heterocycles. The summed E-state index contributed by atoms with van der Waals surface area (Å²) in [7, 11) is 0. The molecule has 24 heavy (non-hydrogen) atoms. The number of ether oxygens (including phenoxy) is 2. The first-order valence-electron chi connectivity index (χ1n) is 8.38. The van der Waals surface area contributed by atoms with Crippen LogP contribution in [0.1, 0.15) is 38.3 Å². The summed E-state index contributed by atoms with van der Waals surface area (Å²) < 4.78 is 11.2. The predicted molar refractivity (Wildman–Crippen MR) is 91.4 cm³/mol. The lowest BCUT2D eigenvalue weighted by atomic mass is 9.88. The highest BCUT2D eigenvalue weighted by molar-refractivity contribution is 5.75. The van der Waals surface area contributed by atoms with Gasteiger partial charge in [-0.1, -0.05) is 30.3 Å². The fourth-order valence-corrected chi connectivity index (χ4v) is 3.37. The van der Waals surface area contributed by atoms with E-state index in [4.69, 9.17) is 9.47 Å². The van der Waals surface area contributed by atoms with Crippen LogP contribution in [0, 0.1) is 0 Å². The number of rotatable bonds is 2. The molecule has 2 atom stereocenters. The summed E-state index contributed by atoms with van der Waals surface area (Å²) in [6.07, 6.45) is 2.49. The number of aliphatic hydroxyl groups is 1. The van der Waals surface area contributed by atoms with Gasteiger partial charge in [0.2, 0.25) is 0 Å². The normalized spacial score (nSPS) is 23.7. The van der Waals surface area contributed by atoms with Crippen LogP contribution < -0.4 is 0 Å². The predicted octanol–water partition coefficient (Wildman–Crippen LogP) is 2.97. The van der Waals surface area contributed by atoms with E-state index in [9.17, 15) is 9.90 Å². The molecule has 1 aromatic carbocycles. The first kappa shape index (κ1) is 17.0. The van der Waals surface area contributed by atoms with Crippen LogP contribution >= 0.6 is 0 Å². The van der Waals surface area contributed by atoms with Crippen molar-refractivity contribution in [3.8, 4) is 0 Å². The standard InChI is InChI=1S/C19H25NO4/c1-19(2,3)24-18(22)20-15-8-14(9-16(20)12-23-11-15)17-7-5-4-6-13(17)10-21/h4-8,15-16,21H,9-12H2,1-3H3. The number of nitrogens with zero attached hydrogens (tertiary/aromatic N) is 1. The van der Waals surface area contributed by atoms with Gasteiger partial charge in [-0.15, -0.1) is 0 Å². The highest BCUT2D eigenvalue weighted by atomic mass is 16.6. The van der Waals surface area contributed by atoms with Crippen molar-refractivity contribution < 1.29 is 19.4 Å². The highest BCUT2D eigenvalue weighted by Crippen LogP contribution is 2.34. The first-order chi connectivity index (χ1) is 11.4. The van der Waals surface area contributed by atoms with Crippen LogP contribution in [0.2, 0.25) is 0 Å². The van der Waals surface area contributed by atoms with E-state index < -0.39 is 5.60 Å². The van der Waals surface area contributed by atoms with E-state index in [1.165, 1.54) is 0 Å². The second-order valence-corrected chi connectivity index (χ2v) is 7.36. The summed E-state index contributed by atoms with van der Waals surface area (Å²) >= 11 is 0. The number of carbonyl (C=O) groups is 1. The molecule has 2 aliphatic rings. The molecule has 0 spiro atoms. The number of benzene rings is 1. The Kier molecular flexibility index (Phi) is 4.65. The molecule has 1 aromatic rings. The number of amides is 1. The van der Waals surface area contributed by atoms with Gasteiger partial charge < -0.3 is 14.6 Å². The van der Waals surface area contributed by atoms with Crippen molar-refractivity contribution in [3.63, 3.8) is 0 Å². The molecular weight excluding hydrogens is 306 g/mol. The number of fused-ring (bicyclic) bond motifs is 2. The molecule has 2 aliphatic heterocycles. The van der Waals surface area contributed by atoms with E-state index in [0.29, 0.717) is 19.6 Å². The Morgan fingerprint density at radius 3 is 2.75 bits per heavy atom. The summed E-state index contributed by atoms with van der Waals surface area (Å²) in [5.74, 6) is 0. The summed E-state index contributed by atoms with van der Waals surface area (Å²) in [5.41, 5.74) is 2.62. The second-order valence-electron chi connectivity index (χ2n) is 7.36. The van der Waals surface area contributed by atoms with Crippen LogP contribution in [0.4, 0.5) is 4.79 Å². The molecule has 0 radical (unpaired) electrons. The third-order valence-electron chi connectivity index (χ3n) is 4.34. The van der Waals surface area contributed by atoms with Crippen LogP contribution in [0.25, 0.3) is 5.57 Å². The molecule has 5 nitrogen and oxygen atoms in total. The zero-order valence-electron chi connectivity index (χ0n) is 14.5. The summed E-state index contributed by atoms with van der Waals surface area (Å²) in [6.45, 7) is 6.61. The number of hydrogen-bond acceptors (Lipinski definition) is 4. The topological polar surface area (TPSA) is 59.0 Å². The highest BCUT2D eigenvalue weighted by Gasteiger charge is 2.40. The average Bonchev–Trinajstić information content (AvgIpc) is 2.52. The van der Waals surface area contributed by atoms with E-state index in [1.54, 1.807) is 4.90 Å². The summed E-state index contributed by atoms with van der Waals surface area (Å²) in [4.78, 5) is 14.4. The van der Waals surface area contributed by atoms with Crippen molar-refractivity contribution in [2.45, 2.75) is 51.5 Å². The van der Waals surface area contributed by atoms with Gasteiger partial charge in [0.25, 0.3) is 0 Å². The van der Waals surface area contributed by atoms with E-state index in [-0.39, 0.29) is 24.8 Å². The Labute approximate surface area is 142 Å². The lowest BCUT2D eigenvalue weighted by Gasteiger charge is -2.44. The van der Waals surface area contributed by atoms with Gasteiger partial charge >= 0.3 is 6.09 Å². The maximum atomic E-state index is 12.6. The average molecular weight is 331 g/mol. The molecule has 3 rings (SSSR count). The molecule has 130 valence electrons. The van der Waals surface area contributed by atoms with E-state index in [2.05, 4.69) is 6.08 Å². The largest absolute Gasteiger partial charge is 0.444 e. The third kappa shape index (κ3) is 3.47. The van der Waals surface area contributed by atoms with Gasteiger partial charge in [-0.05, 0) is 43.9 Å². The van der Waals surface area contributed by atoms with Crippen LogP contribution in [-0.2, 0) is 16.1 Å². The van der Waals surface area contributed by atoms with Gasteiger partial charge in [0, 0.05) is 0 Å². The minimum absolute atomic E-state index is 0.00905. The molecule has 0 saturated carbocycles. The number of morpholine rings is 1. The Bertz CT molecular complexity index is 647. The van der Waals surface area contributed by atoms with Gasteiger partial charge in [0.05, 0.1) is 31.9 Å². The Morgan fingerprint density at radius 1 is 1.33 bits per heavy atom. The maximum absolute atomic E-state index is 12.6. The van der Waals surface area contributed by atoms with Crippen LogP contribution in [-0.4, -0.2) is 47.0 Å². The van der Waals surface area contributed by atoms with Crippen molar-refractivity contribution in [2.24, 2.45) is 0 Å². The molecule has 1 amide bonds. The minimum atomic E-state index is -0.514. The molecule has 5 heteroatoms. The second kappa shape index (κ2) is 6.57. The Morgan fingerprint density at radius 2 is 2.08 bits per heavy atom. The molecule has 0 aliphatic carbocycles. The van der Waals surface area contributed by atoms with E-state index in [0.717, 1.165) is 16.7 Å². The van der Waals surface area contributed by atoms with Gasteiger partial charge in [0.15, 0.2) is 0 Å². The van der Waals surface area contributed by atoms with Crippen molar-refractivity contribution in [1.29, 1.82) is 0 Å². The molecule has 1 N–H and O–H groups in total. The zero-order valence-corrected chi connectivity index (χ0v) is 14.5. The maximum Gasteiger partial charge on any atom is 0.411 e. The van der Waals surface area contributed by atoms with Crippen LogP contribution in [0.15, 0.2) is 30.3 Å². The van der Waals surface area contributed by atoms with Gasteiger partial charge in [-0.2, -0.15) is 0 Å². The van der Waals surface area contributed by atoms with Gasteiger partial charge in [-0.3, -0.25) is 4.90 Å². The fraction of sp³-hybridized carbons (Fsp3) is 0.526. The summed E-state index contributed by atoms with van der Waals surface area (Å²) in [5, 5.41) is 9.58. The van der Waals surface area contributed by atoms with Crippen LogP contribution in [0.5, 0.6) is 0 Å². The van der Waals surface area contributed by atoms with Crippen molar-refractivity contribution in [3.05, 3.63) is 41.5 Å². The summed E-state index contributed by atoms with van der Waals surface area (Å²) in [6, 6.07) is 7.69. The number of hydrogen-bond donors (Lipinski definition) is 1. The zero-order chi connectivity index (χ0) is 17.3.